The van der Waals surface area contributed by atoms with E-state index >= 15 is 0 Å². The highest BCUT2D eigenvalue weighted by molar-refractivity contribution is 6.35. The van der Waals surface area contributed by atoms with Crippen molar-refractivity contribution in [3.05, 3.63) is 23.2 Å². The zero-order valence-corrected chi connectivity index (χ0v) is 11.6. The van der Waals surface area contributed by atoms with Crippen molar-refractivity contribution in [2.45, 2.75) is 25.8 Å². The van der Waals surface area contributed by atoms with Gasteiger partial charge in [0.2, 0.25) is 5.95 Å². The molecule has 1 saturated carbocycles. The molecule has 0 saturated heterocycles. The molecule has 1 aliphatic carbocycles. The van der Waals surface area contributed by atoms with Crippen LogP contribution in [-0.4, -0.2) is 22.8 Å². The molecule has 19 heavy (non-hydrogen) atoms. The fourth-order valence-electron chi connectivity index (χ4n) is 2.25. The molecule has 1 aromatic heterocycles. The third kappa shape index (κ3) is 2.85. The van der Waals surface area contributed by atoms with Crippen molar-refractivity contribution in [2.75, 3.05) is 18.9 Å². The van der Waals surface area contributed by atoms with E-state index in [1.54, 1.807) is 0 Å². The maximum Gasteiger partial charge on any atom is 0.201 e. The Labute approximate surface area is 117 Å². The first-order chi connectivity index (χ1) is 9.25. The molecule has 0 amide bonds. The number of nitrogens with zero attached hydrogens (tertiary/aromatic N) is 2. The number of nitrogens with two attached hydrogens (primary N) is 1. The highest BCUT2D eigenvalue weighted by atomic mass is 35.5. The van der Waals surface area contributed by atoms with Gasteiger partial charge in [0.1, 0.15) is 0 Å². The second-order valence-corrected chi connectivity index (χ2v) is 5.51. The number of aryl methyl sites for hydroxylation is 1. The number of fused-ring (bicyclic) bond motifs is 1. The summed E-state index contributed by atoms with van der Waals surface area (Å²) >= 11 is 6.22. The molecule has 102 valence electrons. The van der Waals surface area contributed by atoms with E-state index in [9.17, 15) is 0 Å². The highest BCUT2D eigenvalue weighted by Gasteiger charge is 2.20. The van der Waals surface area contributed by atoms with Crippen molar-refractivity contribution >= 4 is 28.6 Å². The molecule has 4 nitrogen and oxygen atoms in total. The Morgan fingerprint density at radius 2 is 2.26 bits per heavy atom. The number of hydrogen-bond donors (Lipinski definition) is 1. The molecule has 0 spiro atoms. The number of benzene rings is 1. The molecular formula is C14H18ClN3O. The minimum absolute atomic E-state index is 0.519. The molecule has 0 unspecified atom stereocenters. The van der Waals surface area contributed by atoms with Crippen LogP contribution in [-0.2, 0) is 11.3 Å². The van der Waals surface area contributed by atoms with Gasteiger partial charge in [0.05, 0.1) is 16.1 Å². The lowest BCUT2D eigenvalue weighted by Crippen LogP contribution is -2.07. The van der Waals surface area contributed by atoms with Gasteiger partial charge in [-0.15, -0.1) is 0 Å². The number of halogens is 1. The second-order valence-electron chi connectivity index (χ2n) is 5.10. The molecule has 2 aromatic rings. The fraction of sp³-hybridized carbons (Fsp3) is 0.500. The van der Waals surface area contributed by atoms with Gasteiger partial charge in [-0.05, 0) is 37.3 Å². The monoisotopic (exact) mass is 279 g/mol. The van der Waals surface area contributed by atoms with E-state index in [-0.39, 0.29) is 0 Å². The summed E-state index contributed by atoms with van der Waals surface area (Å²) in [6.07, 6.45) is 3.58. The van der Waals surface area contributed by atoms with E-state index in [4.69, 9.17) is 22.1 Å². The summed E-state index contributed by atoms with van der Waals surface area (Å²) in [7, 11) is 0. The van der Waals surface area contributed by atoms with Gasteiger partial charge in [0, 0.05) is 19.8 Å². The lowest BCUT2D eigenvalue weighted by molar-refractivity contribution is 0.119. The molecule has 0 aliphatic heterocycles. The van der Waals surface area contributed by atoms with Crippen LogP contribution >= 0.6 is 11.6 Å². The molecule has 5 heteroatoms. The van der Waals surface area contributed by atoms with Crippen molar-refractivity contribution < 1.29 is 4.74 Å². The molecular weight excluding hydrogens is 262 g/mol. The summed E-state index contributed by atoms with van der Waals surface area (Å²) in [6, 6.07) is 5.68. The van der Waals surface area contributed by atoms with Crippen LogP contribution in [0.3, 0.4) is 0 Å². The normalized spacial score (nSPS) is 15.2. The Kier molecular flexibility index (Phi) is 3.62. The summed E-state index contributed by atoms with van der Waals surface area (Å²) in [5.41, 5.74) is 7.72. The van der Waals surface area contributed by atoms with E-state index in [1.807, 2.05) is 22.8 Å². The maximum atomic E-state index is 6.22. The molecule has 3 rings (SSSR count). The fourth-order valence-corrected chi connectivity index (χ4v) is 2.52. The first-order valence-electron chi connectivity index (χ1n) is 6.73. The second kappa shape index (κ2) is 5.39. The summed E-state index contributed by atoms with van der Waals surface area (Å²) in [4.78, 5) is 4.33. The number of nitrogen functional groups attached to an aromatic ring is 1. The predicted octanol–water partition coefficient (Wildman–Crippen LogP) is 3.09. The molecule has 1 aliphatic rings. The Bertz CT molecular complexity index is 577. The van der Waals surface area contributed by atoms with E-state index in [1.165, 1.54) is 12.8 Å². The van der Waals surface area contributed by atoms with Crippen LogP contribution < -0.4 is 5.73 Å². The lowest BCUT2D eigenvalue weighted by Gasteiger charge is -2.08. The van der Waals surface area contributed by atoms with Crippen LogP contribution in [0.4, 0.5) is 5.95 Å². The Morgan fingerprint density at radius 3 is 3.05 bits per heavy atom. The summed E-state index contributed by atoms with van der Waals surface area (Å²) < 4.78 is 7.60. The summed E-state index contributed by atoms with van der Waals surface area (Å²) in [5, 5.41) is 0.695. The van der Waals surface area contributed by atoms with Crippen molar-refractivity contribution in [1.82, 2.24) is 9.55 Å². The van der Waals surface area contributed by atoms with Gasteiger partial charge in [0.25, 0.3) is 0 Å². The van der Waals surface area contributed by atoms with Crippen LogP contribution in [0.2, 0.25) is 5.02 Å². The standard InChI is InChI=1S/C14H18ClN3O/c15-11-3-1-4-12-13(11)18(14(16)17-12)7-2-8-19-9-10-5-6-10/h1,3-4,10H,2,5-9H2,(H2,16,17). The topological polar surface area (TPSA) is 53.1 Å². The van der Waals surface area contributed by atoms with Gasteiger partial charge in [-0.3, -0.25) is 0 Å². The van der Waals surface area contributed by atoms with Crippen LogP contribution in [0.15, 0.2) is 18.2 Å². The first-order valence-corrected chi connectivity index (χ1v) is 7.11. The molecule has 1 heterocycles. The van der Waals surface area contributed by atoms with Crippen molar-refractivity contribution in [2.24, 2.45) is 5.92 Å². The van der Waals surface area contributed by atoms with Gasteiger partial charge in [0.15, 0.2) is 0 Å². The van der Waals surface area contributed by atoms with Gasteiger partial charge >= 0.3 is 0 Å². The molecule has 0 atom stereocenters. The molecule has 1 fully saturated rings. The van der Waals surface area contributed by atoms with Crippen molar-refractivity contribution in [3.63, 3.8) is 0 Å². The number of ether oxygens (including phenoxy) is 1. The molecule has 2 N–H and O–H groups in total. The Hall–Kier alpha value is -1.26. The van der Waals surface area contributed by atoms with Crippen LogP contribution in [0, 0.1) is 5.92 Å². The van der Waals surface area contributed by atoms with Crippen LogP contribution in [0.5, 0.6) is 0 Å². The summed E-state index contributed by atoms with van der Waals surface area (Å²) in [6.45, 7) is 2.46. The third-order valence-corrected chi connectivity index (χ3v) is 3.77. The Morgan fingerprint density at radius 1 is 1.42 bits per heavy atom. The van der Waals surface area contributed by atoms with Gasteiger partial charge in [-0.2, -0.15) is 0 Å². The molecule has 1 aromatic carbocycles. The number of hydrogen-bond acceptors (Lipinski definition) is 3. The minimum atomic E-state index is 0.519. The SMILES string of the molecule is Nc1nc2cccc(Cl)c2n1CCCOCC1CC1. The van der Waals surface area contributed by atoms with Gasteiger partial charge in [-0.1, -0.05) is 17.7 Å². The minimum Gasteiger partial charge on any atom is -0.381 e. The zero-order chi connectivity index (χ0) is 13.2. The van der Waals surface area contributed by atoms with Gasteiger partial charge < -0.3 is 15.0 Å². The average Bonchev–Trinajstić information content (AvgIpc) is 3.14. The number of rotatable bonds is 6. The van der Waals surface area contributed by atoms with E-state index < -0.39 is 0 Å². The molecule has 0 radical (unpaired) electrons. The predicted molar refractivity (Wildman–Crippen MR) is 77.3 cm³/mol. The van der Waals surface area contributed by atoms with E-state index in [2.05, 4.69) is 4.98 Å². The quantitative estimate of drug-likeness (QED) is 0.827. The maximum absolute atomic E-state index is 6.22. The third-order valence-electron chi connectivity index (χ3n) is 3.47. The average molecular weight is 280 g/mol. The van der Waals surface area contributed by atoms with E-state index in [0.29, 0.717) is 11.0 Å². The van der Waals surface area contributed by atoms with Gasteiger partial charge in [-0.25, -0.2) is 4.98 Å². The van der Waals surface area contributed by atoms with Crippen LogP contribution in [0.1, 0.15) is 19.3 Å². The highest BCUT2D eigenvalue weighted by Crippen LogP contribution is 2.29. The summed E-state index contributed by atoms with van der Waals surface area (Å²) in [5.74, 6) is 1.33. The smallest absolute Gasteiger partial charge is 0.201 e. The van der Waals surface area contributed by atoms with E-state index in [0.717, 1.165) is 43.1 Å². The lowest BCUT2D eigenvalue weighted by atomic mass is 10.3. The number of para-hydroxylation sites is 1. The number of anilines is 1. The van der Waals surface area contributed by atoms with Crippen molar-refractivity contribution in [1.29, 1.82) is 0 Å². The number of imidazole rings is 1. The first kappa shape index (κ1) is 12.8. The largest absolute Gasteiger partial charge is 0.381 e. The zero-order valence-electron chi connectivity index (χ0n) is 10.8. The number of aromatic nitrogens is 2. The van der Waals surface area contributed by atoms with Crippen LogP contribution in [0.25, 0.3) is 11.0 Å². The van der Waals surface area contributed by atoms with Crippen molar-refractivity contribution in [3.8, 4) is 0 Å². The molecule has 0 bridgehead atoms. The Balaban J connectivity index is 1.64.